The minimum absolute atomic E-state index is 0.470. The van der Waals surface area contributed by atoms with Crippen LogP contribution >= 0.6 is 11.6 Å². The Hall–Kier alpha value is -1.42. The van der Waals surface area contributed by atoms with E-state index >= 15 is 0 Å². The summed E-state index contributed by atoms with van der Waals surface area (Å²) in [6, 6.07) is 3.65. The van der Waals surface area contributed by atoms with Gasteiger partial charge in [0.2, 0.25) is 0 Å². The smallest absolute Gasteiger partial charge is 0.133 e. The van der Waals surface area contributed by atoms with Crippen molar-refractivity contribution in [2.75, 3.05) is 0 Å². The van der Waals surface area contributed by atoms with Gasteiger partial charge in [-0.25, -0.2) is 9.97 Å². The van der Waals surface area contributed by atoms with Gasteiger partial charge in [-0.3, -0.25) is 4.68 Å². The Kier molecular flexibility index (Phi) is 2.68. The number of hydrogen-bond donors (Lipinski definition) is 0. The molecule has 2 aromatic rings. The van der Waals surface area contributed by atoms with E-state index in [1.54, 1.807) is 16.9 Å². The zero-order valence-electron chi connectivity index (χ0n) is 8.61. The van der Waals surface area contributed by atoms with Gasteiger partial charge in [0.1, 0.15) is 11.0 Å². The van der Waals surface area contributed by atoms with Gasteiger partial charge in [-0.05, 0) is 6.07 Å². The fourth-order valence-corrected chi connectivity index (χ4v) is 1.58. The first-order valence-corrected chi connectivity index (χ1v) is 5.10. The van der Waals surface area contributed by atoms with Crippen LogP contribution in [0.1, 0.15) is 12.7 Å². The van der Waals surface area contributed by atoms with E-state index in [1.165, 1.54) is 0 Å². The van der Waals surface area contributed by atoms with Gasteiger partial charge in [-0.2, -0.15) is 5.10 Å². The van der Waals surface area contributed by atoms with E-state index in [0.29, 0.717) is 5.15 Å². The van der Waals surface area contributed by atoms with Gasteiger partial charge in [0, 0.05) is 25.7 Å². The lowest BCUT2D eigenvalue weighted by Gasteiger charge is -2.03. The van der Waals surface area contributed by atoms with Crippen molar-refractivity contribution in [1.29, 1.82) is 0 Å². The Balaban J connectivity index is 2.53. The first-order chi connectivity index (χ1) is 7.20. The maximum Gasteiger partial charge on any atom is 0.133 e. The second-order valence-electron chi connectivity index (χ2n) is 3.19. The van der Waals surface area contributed by atoms with Crippen LogP contribution in [0.3, 0.4) is 0 Å². The second kappa shape index (κ2) is 3.98. The number of aryl methyl sites for hydroxylation is 2. The topological polar surface area (TPSA) is 43.6 Å². The number of nitrogens with zero attached hydrogens (tertiary/aromatic N) is 4. The third-order valence-electron chi connectivity index (χ3n) is 2.14. The predicted octanol–water partition coefficient (Wildman–Crippen LogP) is 2.09. The summed E-state index contributed by atoms with van der Waals surface area (Å²) >= 11 is 5.92. The maximum absolute atomic E-state index is 5.92. The molecule has 4 nitrogen and oxygen atoms in total. The molecular weight excluding hydrogens is 212 g/mol. The number of hydrogen-bond acceptors (Lipinski definition) is 3. The van der Waals surface area contributed by atoms with Crippen LogP contribution in [0.5, 0.6) is 0 Å². The van der Waals surface area contributed by atoms with Crippen molar-refractivity contribution in [1.82, 2.24) is 19.7 Å². The summed E-state index contributed by atoms with van der Waals surface area (Å²) in [4.78, 5) is 8.52. The lowest BCUT2D eigenvalue weighted by Crippen LogP contribution is -1.99. The molecule has 0 fully saturated rings. The molecule has 78 valence electrons. The third-order valence-corrected chi connectivity index (χ3v) is 2.33. The van der Waals surface area contributed by atoms with Crippen molar-refractivity contribution in [2.45, 2.75) is 13.3 Å². The molecule has 0 unspecified atom stereocenters. The minimum atomic E-state index is 0.470. The first kappa shape index (κ1) is 10.1. The Morgan fingerprint density at radius 2 is 2.20 bits per heavy atom. The molecule has 0 N–H and O–H groups in total. The van der Waals surface area contributed by atoms with Gasteiger partial charge in [-0.15, -0.1) is 0 Å². The Morgan fingerprint density at radius 3 is 2.80 bits per heavy atom. The first-order valence-electron chi connectivity index (χ1n) is 4.72. The summed E-state index contributed by atoms with van der Waals surface area (Å²) in [6.45, 7) is 2.00. The molecule has 15 heavy (non-hydrogen) atoms. The molecule has 2 heterocycles. The van der Waals surface area contributed by atoms with Crippen LogP contribution in [0.2, 0.25) is 5.15 Å². The van der Waals surface area contributed by atoms with E-state index in [1.807, 2.05) is 20.0 Å². The van der Waals surface area contributed by atoms with Gasteiger partial charge in [0.15, 0.2) is 0 Å². The third kappa shape index (κ3) is 1.99. The SMILES string of the molecule is CCc1nc(Cl)cc(-c2ccnn2C)n1. The van der Waals surface area contributed by atoms with E-state index in [-0.39, 0.29) is 0 Å². The number of halogens is 1. The van der Waals surface area contributed by atoms with Crippen LogP contribution in [0, 0.1) is 0 Å². The van der Waals surface area contributed by atoms with Gasteiger partial charge < -0.3 is 0 Å². The largest absolute Gasteiger partial charge is 0.266 e. The summed E-state index contributed by atoms with van der Waals surface area (Å²) in [7, 11) is 1.87. The number of aromatic nitrogens is 4. The average Bonchev–Trinajstić information content (AvgIpc) is 2.63. The Morgan fingerprint density at radius 1 is 1.40 bits per heavy atom. The molecule has 0 aromatic carbocycles. The molecule has 0 aliphatic carbocycles. The molecule has 0 atom stereocenters. The fraction of sp³-hybridized carbons (Fsp3) is 0.300. The monoisotopic (exact) mass is 222 g/mol. The fourth-order valence-electron chi connectivity index (χ4n) is 1.38. The highest BCUT2D eigenvalue weighted by Gasteiger charge is 2.07. The summed E-state index contributed by atoms with van der Waals surface area (Å²) in [6.07, 6.45) is 2.50. The van der Waals surface area contributed by atoms with E-state index in [4.69, 9.17) is 11.6 Å². The molecule has 0 radical (unpaired) electrons. The molecule has 2 aromatic heterocycles. The highest BCUT2D eigenvalue weighted by molar-refractivity contribution is 6.29. The molecule has 5 heteroatoms. The number of rotatable bonds is 2. The van der Waals surface area contributed by atoms with Gasteiger partial charge in [-0.1, -0.05) is 18.5 Å². The molecule has 0 aliphatic rings. The van der Waals surface area contributed by atoms with Crippen LogP contribution in [-0.2, 0) is 13.5 Å². The van der Waals surface area contributed by atoms with Crippen molar-refractivity contribution in [2.24, 2.45) is 7.05 Å². The Bertz CT molecular complexity index is 478. The lowest BCUT2D eigenvalue weighted by molar-refractivity contribution is 0.771. The van der Waals surface area contributed by atoms with Gasteiger partial charge in [0.25, 0.3) is 0 Å². The van der Waals surface area contributed by atoms with Gasteiger partial charge in [0.05, 0.1) is 11.4 Å². The quantitative estimate of drug-likeness (QED) is 0.731. The molecule has 0 aliphatic heterocycles. The lowest BCUT2D eigenvalue weighted by atomic mass is 10.3. The highest BCUT2D eigenvalue weighted by atomic mass is 35.5. The van der Waals surface area contributed by atoms with Crippen LogP contribution in [0.15, 0.2) is 18.3 Å². The summed E-state index contributed by atoms with van der Waals surface area (Å²) < 4.78 is 1.76. The Labute approximate surface area is 92.9 Å². The van der Waals surface area contributed by atoms with Crippen LogP contribution in [-0.4, -0.2) is 19.7 Å². The zero-order valence-corrected chi connectivity index (χ0v) is 9.36. The minimum Gasteiger partial charge on any atom is -0.266 e. The molecule has 2 rings (SSSR count). The molecule has 0 saturated carbocycles. The maximum atomic E-state index is 5.92. The highest BCUT2D eigenvalue weighted by Crippen LogP contribution is 2.18. The standard InChI is InChI=1S/C10H11ClN4/c1-3-10-13-7(6-9(11)14-10)8-4-5-12-15(8)2/h4-6H,3H2,1-2H3. The van der Waals surface area contributed by atoms with Crippen LogP contribution in [0.25, 0.3) is 11.4 Å². The summed E-state index contributed by atoms with van der Waals surface area (Å²) in [5.74, 6) is 0.749. The van der Waals surface area contributed by atoms with Crippen molar-refractivity contribution in [3.8, 4) is 11.4 Å². The van der Waals surface area contributed by atoms with Crippen LogP contribution < -0.4 is 0 Å². The van der Waals surface area contributed by atoms with E-state index in [9.17, 15) is 0 Å². The van der Waals surface area contributed by atoms with Gasteiger partial charge >= 0.3 is 0 Å². The molecule has 0 spiro atoms. The van der Waals surface area contributed by atoms with Crippen molar-refractivity contribution in [3.05, 3.63) is 29.3 Å². The average molecular weight is 223 g/mol. The summed E-state index contributed by atoms with van der Waals surface area (Å²) in [5.41, 5.74) is 1.75. The predicted molar refractivity (Wildman–Crippen MR) is 58.6 cm³/mol. The van der Waals surface area contributed by atoms with E-state index < -0.39 is 0 Å². The second-order valence-corrected chi connectivity index (χ2v) is 3.57. The molecule has 0 bridgehead atoms. The normalized spacial score (nSPS) is 10.6. The molecular formula is C10H11ClN4. The molecule has 0 amide bonds. The summed E-state index contributed by atoms with van der Waals surface area (Å²) in [5, 5.41) is 4.56. The zero-order chi connectivity index (χ0) is 10.8. The molecule has 0 saturated heterocycles. The van der Waals surface area contributed by atoms with E-state index in [0.717, 1.165) is 23.6 Å². The van der Waals surface area contributed by atoms with Crippen LogP contribution in [0.4, 0.5) is 0 Å². The van der Waals surface area contributed by atoms with Crippen molar-refractivity contribution < 1.29 is 0 Å². The van der Waals surface area contributed by atoms with Crippen molar-refractivity contribution in [3.63, 3.8) is 0 Å². The van der Waals surface area contributed by atoms with E-state index in [2.05, 4.69) is 15.1 Å². The van der Waals surface area contributed by atoms with Crippen molar-refractivity contribution >= 4 is 11.6 Å².